The van der Waals surface area contributed by atoms with Crippen molar-refractivity contribution in [2.45, 2.75) is 4.63 Å². The van der Waals surface area contributed by atoms with Crippen molar-refractivity contribution >= 4 is 15.9 Å². The lowest BCUT2D eigenvalue weighted by atomic mass is 10.6. The zero-order chi connectivity index (χ0) is 6.91. The second-order valence-electron chi connectivity index (χ2n) is 1.56. The summed E-state index contributed by atoms with van der Waals surface area (Å²) in [5.74, 6) is 0. The summed E-state index contributed by atoms with van der Waals surface area (Å²) in [6, 6.07) is 0. The first-order valence-corrected chi connectivity index (χ1v) is 2.99. The van der Waals surface area contributed by atoms with E-state index in [1.54, 1.807) is 0 Å². The Morgan fingerprint density at radius 1 is 1.78 bits per heavy atom. The maximum absolute atomic E-state index is 10.1. The third-order valence-electron chi connectivity index (χ3n) is 0.916. The van der Waals surface area contributed by atoms with Crippen molar-refractivity contribution in [3.8, 4) is 0 Å². The van der Waals surface area contributed by atoms with E-state index in [0.29, 0.717) is 0 Å². The second-order valence-corrected chi connectivity index (χ2v) is 2.80. The largest absolute Gasteiger partial charge is 0.405 e. The molecule has 52 valence electrons. The normalized spacial score (nSPS) is 34.8. The van der Waals surface area contributed by atoms with Gasteiger partial charge in [-0.05, 0) is 0 Å². The summed E-state index contributed by atoms with van der Waals surface area (Å²) in [6.45, 7) is -0.0633. The van der Waals surface area contributed by atoms with E-state index in [9.17, 15) is 10.1 Å². The summed E-state index contributed by atoms with van der Waals surface area (Å²) < 4.78 is 7.71. The van der Waals surface area contributed by atoms with Crippen molar-refractivity contribution in [2.24, 2.45) is 0 Å². The average molecular weight is 198 g/mol. The van der Waals surface area contributed by atoms with Gasteiger partial charge in [0.15, 0.2) is 13.4 Å². The minimum absolute atomic E-state index is 0.0216. The molecule has 0 spiro atoms. The van der Waals surface area contributed by atoms with Crippen LogP contribution in [-0.4, -0.2) is 23.0 Å². The summed E-state index contributed by atoms with van der Waals surface area (Å²) in [5.41, 5.74) is 0. The Labute approximate surface area is 59.2 Å². The van der Waals surface area contributed by atoms with Crippen molar-refractivity contribution in [3.05, 3.63) is 10.1 Å². The highest BCUT2D eigenvalue weighted by Crippen LogP contribution is 2.25. The van der Waals surface area contributed by atoms with E-state index in [2.05, 4.69) is 25.4 Å². The molecule has 1 fully saturated rings. The highest BCUT2D eigenvalue weighted by atomic mass is 79.9. The number of nitro groups is 1. The maximum Gasteiger partial charge on any atom is 0.405 e. The molecule has 0 amide bonds. The third-order valence-corrected chi connectivity index (χ3v) is 1.66. The molecule has 5 nitrogen and oxygen atoms in total. The number of hydrogen-bond acceptors (Lipinski definition) is 4. The van der Waals surface area contributed by atoms with E-state index in [1.807, 2.05) is 0 Å². The number of nitrogens with zero attached hydrogens (tertiary/aromatic N) is 1. The molecule has 1 aliphatic rings. The fraction of sp³-hybridized carbons (Fsp3) is 1.00. The SMILES string of the molecule is O=[N+]([O-])C1(Br)COCO1. The molecule has 0 aromatic carbocycles. The number of hydrogen-bond donors (Lipinski definition) is 0. The van der Waals surface area contributed by atoms with Crippen LogP contribution in [0.25, 0.3) is 0 Å². The smallest absolute Gasteiger partial charge is 0.344 e. The molecule has 0 aliphatic carbocycles. The van der Waals surface area contributed by atoms with Crippen LogP contribution in [0.1, 0.15) is 0 Å². The van der Waals surface area contributed by atoms with E-state index in [-0.39, 0.29) is 13.4 Å². The molecule has 0 saturated carbocycles. The fourth-order valence-corrected chi connectivity index (χ4v) is 0.702. The highest BCUT2D eigenvalue weighted by Gasteiger charge is 2.46. The van der Waals surface area contributed by atoms with E-state index >= 15 is 0 Å². The Kier molecular flexibility index (Phi) is 1.69. The van der Waals surface area contributed by atoms with Gasteiger partial charge in [-0.15, -0.1) is 0 Å². The molecule has 0 bridgehead atoms. The number of alkyl halides is 1. The van der Waals surface area contributed by atoms with Gasteiger partial charge in [-0.3, -0.25) is 14.9 Å². The quantitative estimate of drug-likeness (QED) is 0.263. The Hall–Kier alpha value is -0.200. The van der Waals surface area contributed by atoms with Crippen LogP contribution in [0, 0.1) is 10.1 Å². The van der Waals surface area contributed by atoms with Gasteiger partial charge in [0.2, 0.25) is 0 Å². The first-order valence-electron chi connectivity index (χ1n) is 2.20. The first kappa shape index (κ1) is 6.91. The summed E-state index contributed by atoms with van der Waals surface area (Å²) >= 11 is 2.76. The van der Waals surface area contributed by atoms with E-state index in [0.717, 1.165) is 0 Å². The van der Waals surface area contributed by atoms with Crippen molar-refractivity contribution in [1.82, 2.24) is 0 Å². The summed E-state index contributed by atoms with van der Waals surface area (Å²) in [4.78, 5) is 9.51. The van der Waals surface area contributed by atoms with Crippen LogP contribution in [0.2, 0.25) is 0 Å². The molecule has 0 N–H and O–H groups in total. The predicted octanol–water partition coefficient (Wildman–Crippen LogP) is 0.316. The van der Waals surface area contributed by atoms with Crippen LogP contribution in [0.3, 0.4) is 0 Å². The minimum Gasteiger partial charge on any atom is -0.344 e. The Balaban J connectivity index is 2.61. The van der Waals surface area contributed by atoms with Gasteiger partial charge in [-0.1, -0.05) is 0 Å². The molecule has 1 atom stereocenters. The summed E-state index contributed by atoms with van der Waals surface area (Å²) in [5, 5.41) is 10.1. The monoisotopic (exact) mass is 197 g/mol. The topological polar surface area (TPSA) is 61.6 Å². The molecule has 1 unspecified atom stereocenters. The Morgan fingerprint density at radius 3 is 2.67 bits per heavy atom. The second kappa shape index (κ2) is 2.20. The van der Waals surface area contributed by atoms with Crippen LogP contribution in [-0.2, 0) is 9.47 Å². The standard InChI is InChI=1S/C3H4BrNO4/c4-3(5(6)7)1-8-2-9-3/h1-2H2. The summed E-state index contributed by atoms with van der Waals surface area (Å²) in [7, 11) is 0. The van der Waals surface area contributed by atoms with Crippen LogP contribution >= 0.6 is 15.9 Å². The lowest BCUT2D eigenvalue weighted by molar-refractivity contribution is -0.580. The van der Waals surface area contributed by atoms with Crippen molar-refractivity contribution in [3.63, 3.8) is 0 Å². The van der Waals surface area contributed by atoms with Crippen LogP contribution in [0.15, 0.2) is 0 Å². The van der Waals surface area contributed by atoms with E-state index in [4.69, 9.17) is 0 Å². The predicted molar refractivity (Wildman–Crippen MR) is 30.6 cm³/mol. The zero-order valence-corrected chi connectivity index (χ0v) is 5.96. The van der Waals surface area contributed by atoms with Gasteiger partial charge in [0.1, 0.15) is 0 Å². The minimum atomic E-state index is -1.49. The number of rotatable bonds is 1. The Morgan fingerprint density at radius 2 is 2.44 bits per heavy atom. The van der Waals surface area contributed by atoms with Crippen LogP contribution in [0.4, 0.5) is 0 Å². The number of halogens is 1. The molecule has 0 radical (unpaired) electrons. The molecular weight excluding hydrogens is 194 g/mol. The van der Waals surface area contributed by atoms with Crippen LogP contribution < -0.4 is 0 Å². The van der Waals surface area contributed by atoms with Gasteiger partial charge in [0.05, 0.1) is 4.92 Å². The van der Waals surface area contributed by atoms with Gasteiger partial charge < -0.3 is 4.74 Å². The van der Waals surface area contributed by atoms with Gasteiger partial charge in [0, 0.05) is 15.9 Å². The van der Waals surface area contributed by atoms with Crippen LogP contribution in [0.5, 0.6) is 0 Å². The molecular formula is C3H4BrNO4. The van der Waals surface area contributed by atoms with Crippen molar-refractivity contribution < 1.29 is 14.4 Å². The average Bonchev–Trinajstić information content (AvgIpc) is 2.16. The third kappa shape index (κ3) is 1.20. The van der Waals surface area contributed by atoms with E-state index in [1.165, 1.54) is 0 Å². The molecule has 1 rings (SSSR count). The summed E-state index contributed by atoms with van der Waals surface area (Å²) in [6.07, 6.45) is 0. The number of ether oxygens (including phenoxy) is 2. The van der Waals surface area contributed by atoms with Gasteiger partial charge >= 0.3 is 4.63 Å². The molecule has 1 aliphatic heterocycles. The zero-order valence-electron chi connectivity index (χ0n) is 4.37. The first-order chi connectivity index (χ1) is 4.15. The van der Waals surface area contributed by atoms with Gasteiger partial charge in [0.25, 0.3) is 0 Å². The molecule has 1 saturated heterocycles. The Bertz CT molecular complexity index is 132. The maximum atomic E-state index is 10.1. The van der Waals surface area contributed by atoms with Crippen molar-refractivity contribution in [1.29, 1.82) is 0 Å². The lowest BCUT2D eigenvalue weighted by Crippen LogP contribution is -2.33. The molecule has 9 heavy (non-hydrogen) atoms. The highest BCUT2D eigenvalue weighted by molar-refractivity contribution is 9.10. The van der Waals surface area contributed by atoms with Gasteiger partial charge in [-0.25, -0.2) is 0 Å². The molecule has 6 heteroatoms. The lowest BCUT2D eigenvalue weighted by Gasteiger charge is -2.06. The van der Waals surface area contributed by atoms with Crippen molar-refractivity contribution in [2.75, 3.05) is 13.4 Å². The molecule has 0 aromatic heterocycles. The molecule has 0 aromatic rings. The van der Waals surface area contributed by atoms with Gasteiger partial charge in [-0.2, -0.15) is 0 Å². The van der Waals surface area contributed by atoms with E-state index < -0.39 is 9.56 Å². The molecule has 1 heterocycles. The fourth-order valence-electron chi connectivity index (χ4n) is 0.447.